The summed E-state index contributed by atoms with van der Waals surface area (Å²) in [4.78, 5) is 10.7. The Balaban J connectivity index is 1.89. The number of ether oxygens (including phenoxy) is 2. The molecule has 0 aromatic heterocycles. The fourth-order valence-corrected chi connectivity index (χ4v) is 2.08. The second-order valence-electron chi connectivity index (χ2n) is 4.43. The first-order chi connectivity index (χ1) is 9.65. The maximum Gasteiger partial charge on any atom is 0.337 e. The second-order valence-corrected chi connectivity index (χ2v) is 4.43. The van der Waals surface area contributed by atoms with Gasteiger partial charge in [0.05, 0.1) is 0 Å². The van der Waals surface area contributed by atoms with Gasteiger partial charge in [0.15, 0.2) is 17.6 Å². The van der Waals surface area contributed by atoms with E-state index in [1.165, 1.54) is 0 Å². The summed E-state index contributed by atoms with van der Waals surface area (Å²) in [5.74, 6) is 0.143. The molecule has 2 aromatic carbocycles. The van der Waals surface area contributed by atoms with Crippen molar-refractivity contribution >= 4 is 5.97 Å². The predicted molar refractivity (Wildman–Crippen MR) is 70.6 cm³/mol. The van der Waals surface area contributed by atoms with Crippen LogP contribution in [0.25, 0.3) is 11.1 Å². The van der Waals surface area contributed by atoms with Crippen LogP contribution in [-0.4, -0.2) is 23.0 Å². The molecule has 1 unspecified atom stereocenters. The Bertz CT molecular complexity index is 648. The Kier molecular flexibility index (Phi) is 3.04. The van der Waals surface area contributed by atoms with Gasteiger partial charge in [-0.3, -0.25) is 0 Å². The van der Waals surface area contributed by atoms with Crippen molar-refractivity contribution in [3.05, 3.63) is 48.0 Å². The summed E-state index contributed by atoms with van der Waals surface area (Å²) in [5, 5.41) is 18.2. The average molecular weight is 272 g/mol. The first-order valence-electron chi connectivity index (χ1n) is 6.06. The normalized spacial score (nSPS) is 14.1. The van der Waals surface area contributed by atoms with E-state index in [2.05, 4.69) is 0 Å². The Morgan fingerprint density at radius 3 is 2.35 bits per heavy atom. The van der Waals surface area contributed by atoms with E-state index in [1.54, 1.807) is 24.3 Å². The van der Waals surface area contributed by atoms with E-state index in [0.29, 0.717) is 17.1 Å². The molecule has 0 spiro atoms. The fraction of sp³-hybridized carbons (Fsp3) is 0.133. The molecule has 102 valence electrons. The highest BCUT2D eigenvalue weighted by atomic mass is 16.7. The molecule has 5 nitrogen and oxygen atoms in total. The average Bonchev–Trinajstić information content (AvgIpc) is 2.94. The number of fused-ring (bicyclic) bond motifs is 1. The first-order valence-corrected chi connectivity index (χ1v) is 6.06. The number of carboxylic acids is 1. The Morgan fingerprint density at radius 1 is 1.00 bits per heavy atom. The maximum absolute atomic E-state index is 10.7. The summed E-state index contributed by atoms with van der Waals surface area (Å²) in [5.41, 5.74) is 2.19. The largest absolute Gasteiger partial charge is 0.479 e. The molecule has 3 rings (SSSR count). The topological polar surface area (TPSA) is 76.0 Å². The number of aliphatic carboxylic acids is 1. The van der Waals surface area contributed by atoms with Gasteiger partial charge in [0.2, 0.25) is 6.79 Å². The molecule has 5 heteroatoms. The number of aliphatic hydroxyl groups is 1. The lowest BCUT2D eigenvalue weighted by atomic mass is 10.0. The Labute approximate surface area is 115 Å². The van der Waals surface area contributed by atoms with E-state index >= 15 is 0 Å². The number of carbonyl (C=O) groups is 1. The minimum atomic E-state index is -1.50. The molecular weight excluding hydrogens is 260 g/mol. The van der Waals surface area contributed by atoms with E-state index in [1.807, 2.05) is 18.2 Å². The molecule has 1 atom stereocenters. The van der Waals surface area contributed by atoms with E-state index in [-0.39, 0.29) is 6.79 Å². The summed E-state index contributed by atoms with van der Waals surface area (Å²) in [6.45, 7) is 0.225. The molecule has 20 heavy (non-hydrogen) atoms. The molecule has 0 radical (unpaired) electrons. The zero-order valence-electron chi connectivity index (χ0n) is 10.4. The summed E-state index contributed by atoms with van der Waals surface area (Å²) in [7, 11) is 0. The molecule has 1 aliphatic heterocycles. The quantitative estimate of drug-likeness (QED) is 0.895. The van der Waals surface area contributed by atoms with E-state index < -0.39 is 12.1 Å². The second kappa shape index (κ2) is 4.86. The molecular formula is C15H12O5. The van der Waals surface area contributed by atoms with Crippen LogP contribution in [-0.2, 0) is 4.79 Å². The number of hydrogen-bond acceptors (Lipinski definition) is 4. The van der Waals surface area contributed by atoms with Gasteiger partial charge in [0.25, 0.3) is 0 Å². The van der Waals surface area contributed by atoms with Gasteiger partial charge in [-0.15, -0.1) is 0 Å². The minimum absolute atomic E-state index is 0.225. The third-order valence-corrected chi connectivity index (χ3v) is 3.17. The molecule has 0 fully saturated rings. The molecule has 0 saturated carbocycles. The van der Waals surface area contributed by atoms with Crippen molar-refractivity contribution in [1.82, 2.24) is 0 Å². The number of benzene rings is 2. The van der Waals surface area contributed by atoms with Crippen molar-refractivity contribution in [3.8, 4) is 22.6 Å². The Hall–Kier alpha value is -2.53. The summed E-state index contributed by atoms with van der Waals surface area (Å²) in [6, 6.07) is 12.3. The smallest absolute Gasteiger partial charge is 0.337 e. The van der Waals surface area contributed by atoms with Crippen LogP contribution in [0.2, 0.25) is 0 Å². The van der Waals surface area contributed by atoms with Gasteiger partial charge in [-0.1, -0.05) is 30.3 Å². The van der Waals surface area contributed by atoms with Crippen LogP contribution in [0, 0.1) is 0 Å². The van der Waals surface area contributed by atoms with Crippen molar-refractivity contribution in [2.45, 2.75) is 6.10 Å². The van der Waals surface area contributed by atoms with E-state index in [4.69, 9.17) is 14.6 Å². The lowest BCUT2D eigenvalue weighted by Gasteiger charge is -2.08. The molecule has 2 aromatic rings. The Morgan fingerprint density at radius 2 is 1.65 bits per heavy atom. The third kappa shape index (κ3) is 2.19. The van der Waals surface area contributed by atoms with Crippen molar-refractivity contribution in [1.29, 1.82) is 0 Å². The minimum Gasteiger partial charge on any atom is -0.479 e. The number of hydrogen-bond donors (Lipinski definition) is 2. The SMILES string of the molecule is O=C(O)C(O)c1ccc(-c2ccc3c(c2)OCO3)cc1. The zero-order valence-corrected chi connectivity index (χ0v) is 10.4. The van der Waals surface area contributed by atoms with Crippen LogP contribution in [0.1, 0.15) is 11.7 Å². The van der Waals surface area contributed by atoms with Crippen molar-refractivity contribution in [3.63, 3.8) is 0 Å². The van der Waals surface area contributed by atoms with Crippen molar-refractivity contribution < 1.29 is 24.5 Å². The molecule has 2 N–H and O–H groups in total. The fourth-order valence-electron chi connectivity index (χ4n) is 2.08. The highest BCUT2D eigenvalue weighted by molar-refractivity contribution is 5.75. The lowest BCUT2D eigenvalue weighted by molar-refractivity contribution is -0.146. The molecule has 0 saturated heterocycles. The van der Waals surface area contributed by atoms with Crippen LogP contribution in [0.5, 0.6) is 11.5 Å². The van der Waals surface area contributed by atoms with Crippen LogP contribution in [0.15, 0.2) is 42.5 Å². The monoisotopic (exact) mass is 272 g/mol. The van der Waals surface area contributed by atoms with Crippen LogP contribution >= 0.6 is 0 Å². The van der Waals surface area contributed by atoms with Crippen LogP contribution < -0.4 is 9.47 Å². The maximum atomic E-state index is 10.7. The highest BCUT2D eigenvalue weighted by Gasteiger charge is 2.16. The van der Waals surface area contributed by atoms with Gasteiger partial charge in [-0.2, -0.15) is 0 Å². The molecule has 1 heterocycles. The van der Waals surface area contributed by atoms with Gasteiger partial charge in [0, 0.05) is 0 Å². The van der Waals surface area contributed by atoms with E-state index in [0.717, 1.165) is 11.1 Å². The zero-order chi connectivity index (χ0) is 14.1. The summed E-state index contributed by atoms with van der Waals surface area (Å²) >= 11 is 0. The van der Waals surface area contributed by atoms with Gasteiger partial charge in [-0.25, -0.2) is 4.79 Å². The molecule has 0 bridgehead atoms. The predicted octanol–water partition coefficient (Wildman–Crippen LogP) is 2.20. The number of rotatable bonds is 3. The standard InChI is InChI=1S/C15H12O5/c16-14(15(17)18)10-3-1-9(2-4-10)11-5-6-12-13(7-11)20-8-19-12/h1-7,14,16H,8H2,(H,17,18). The summed E-state index contributed by atoms with van der Waals surface area (Å²) < 4.78 is 10.6. The van der Waals surface area contributed by atoms with Crippen LogP contribution in [0.4, 0.5) is 0 Å². The highest BCUT2D eigenvalue weighted by Crippen LogP contribution is 2.36. The molecule has 1 aliphatic rings. The van der Waals surface area contributed by atoms with Crippen LogP contribution in [0.3, 0.4) is 0 Å². The first kappa shape index (κ1) is 12.5. The van der Waals surface area contributed by atoms with Crippen molar-refractivity contribution in [2.75, 3.05) is 6.79 Å². The molecule has 0 aliphatic carbocycles. The van der Waals surface area contributed by atoms with Gasteiger partial charge >= 0.3 is 5.97 Å². The van der Waals surface area contributed by atoms with Gasteiger partial charge < -0.3 is 19.7 Å². The van der Waals surface area contributed by atoms with Gasteiger partial charge in [-0.05, 0) is 28.8 Å². The summed E-state index contributed by atoms with van der Waals surface area (Å²) in [6.07, 6.45) is -1.50. The number of carboxylic acid groups (broad SMARTS) is 1. The molecule has 0 amide bonds. The lowest BCUT2D eigenvalue weighted by Crippen LogP contribution is -2.09. The number of aliphatic hydroxyl groups excluding tert-OH is 1. The third-order valence-electron chi connectivity index (χ3n) is 3.17. The van der Waals surface area contributed by atoms with Gasteiger partial charge in [0.1, 0.15) is 0 Å². The van der Waals surface area contributed by atoms with Crippen molar-refractivity contribution in [2.24, 2.45) is 0 Å². The van der Waals surface area contributed by atoms with E-state index in [9.17, 15) is 9.90 Å².